The number of hydrogen-bond donors (Lipinski definition) is 2. The second kappa shape index (κ2) is 5.53. The van der Waals surface area contributed by atoms with Crippen molar-refractivity contribution in [2.75, 3.05) is 6.54 Å². The number of halogens is 3. The monoisotopic (exact) mass is 307 g/mol. The zero-order valence-corrected chi connectivity index (χ0v) is 11.1. The Morgan fingerprint density at radius 1 is 1.40 bits per heavy atom. The first-order valence-electron chi connectivity index (χ1n) is 5.81. The summed E-state index contributed by atoms with van der Waals surface area (Å²) < 4.78 is 58.4. The summed E-state index contributed by atoms with van der Waals surface area (Å²) in [6.07, 6.45) is -4.44. The molecule has 2 atom stereocenters. The van der Waals surface area contributed by atoms with E-state index in [1.165, 1.54) is 12.1 Å². The number of rotatable bonds is 3. The highest BCUT2D eigenvalue weighted by Gasteiger charge is 2.35. The van der Waals surface area contributed by atoms with Crippen molar-refractivity contribution in [3.8, 4) is 0 Å². The molecule has 110 valence electrons. The lowest BCUT2D eigenvalue weighted by Gasteiger charge is -2.16. The molecule has 1 heterocycles. The van der Waals surface area contributed by atoms with Gasteiger partial charge in [0.1, 0.15) is 0 Å². The van der Waals surface area contributed by atoms with Crippen molar-refractivity contribution in [1.82, 2.24) is 5.32 Å². The minimum absolute atomic E-state index is 0.155. The van der Waals surface area contributed by atoms with Crippen molar-refractivity contribution in [2.24, 2.45) is 0 Å². The quantitative estimate of drug-likeness (QED) is 0.840. The van der Waals surface area contributed by atoms with Crippen molar-refractivity contribution in [3.05, 3.63) is 34.9 Å². The molecule has 1 aliphatic rings. The molecule has 2 rings (SSSR count). The molecule has 0 radical (unpaired) electrons. The lowest BCUT2D eigenvalue weighted by atomic mass is 9.94. The van der Waals surface area contributed by atoms with Crippen LogP contribution in [-0.2, 0) is 27.8 Å². The molecule has 20 heavy (non-hydrogen) atoms. The maximum atomic E-state index is 13.0. The lowest BCUT2D eigenvalue weighted by molar-refractivity contribution is -0.138. The summed E-state index contributed by atoms with van der Waals surface area (Å²) >= 11 is -2.34. The van der Waals surface area contributed by atoms with Gasteiger partial charge in [-0.1, -0.05) is 12.1 Å². The maximum Gasteiger partial charge on any atom is 0.416 e. The van der Waals surface area contributed by atoms with E-state index in [0.717, 1.165) is 6.07 Å². The SMILES string of the molecule is O=C1CC(c2ccc(CS(=O)O)c(C(F)(F)F)c2)CN1. The van der Waals surface area contributed by atoms with Gasteiger partial charge in [0.15, 0.2) is 11.1 Å². The van der Waals surface area contributed by atoms with Crippen LogP contribution in [0.2, 0.25) is 0 Å². The van der Waals surface area contributed by atoms with Gasteiger partial charge in [0, 0.05) is 18.9 Å². The molecule has 8 heteroatoms. The van der Waals surface area contributed by atoms with Crippen LogP contribution in [0.4, 0.5) is 13.2 Å². The molecule has 2 unspecified atom stereocenters. The third-order valence-corrected chi connectivity index (χ3v) is 3.73. The smallest absolute Gasteiger partial charge is 0.355 e. The average molecular weight is 307 g/mol. The average Bonchev–Trinajstić information content (AvgIpc) is 2.74. The number of nitrogens with one attached hydrogen (secondary N) is 1. The van der Waals surface area contributed by atoms with E-state index in [0.29, 0.717) is 12.1 Å². The second-order valence-corrected chi connectivity index (χ2v) is 5.52. The Hall–Kier alpha value is -1.41. The first-order valence-corrected chi connectivity index (χ1v) is 7.09. The Kier molecular flexibility index (Phi) is 4.14. The molecule has 0 spiro atoms. The third kappa shape index (κ3) is 3.37. The van der Waals surface area contributed by atoms with Gasteiger partial charge in [-0.15, -0.1) is 0 Å². The number of amides is 1. The van der Waals surface area contributed by atoms with Gasteiger partial charge in [-0.25, -0.2) is 4.21 Å². The van der Waals surface area contributed by atoms with Crippen LogP contribution < -0.4 is 5.32 Å². The fourth-order valence-electron chi connectivity index (χ4n) is 2.21. The Labute approximate surface area is 115 Å². The van der Waals surface area contributed by atoms with Crippen LogP contribution in [0, 0.1) is 0 Å². The Bertz CT molecular complexity index is 559. The van der Waals surface area contributed by atoms with Crippen LogP contribution in [0.25, 0.3) is 0 Å². The van der Waals surface area contributed by atoms with Crippen molar-refractivity contribution in [1.29, 1.82) is 0 Å². The Balaban J connectivity index is 2.38. The van der Waals surface area contributed by atoms with Crippen LogP contribution in [0.5, 0.6) is 0 Å². The fraction of sp³-hybridized carbons (Fsp3) is 0.417. The predicted molar refractivity (Wildman–Crippen MR) is 66.3 cm³/mol. The summed E-state index contributed by atoms with van der Waals surface area (Å²) in [5.74, 6) is -1.06. The topological polar surface area (TPSA) is 66.4 Å². The van der Waals surface area contributed by atoms with Gasteiger partial charge in [0.2, 0.25) is 5.91 Å². The minimum Gasteiger partial charge on any atom is -0.355 e. The van der Waals surface area contributed by atoms with Crippen molar-refractivity contribution >= 4 is 17.0 Å². The first-order chi connectivity index (χ1) is 9.27. The molecule has 0 aromatic heterocycles. The molecule has 1 aliphatic heterocycles. The lowest BCUT2D eigenvalue weighted by Crippen LogP contribution is -2.14. The highest BCUT2D eigenvalue weighted by Crippen LogP contribution is 2.35. The number of alkyl halides is 3. The van der Waals surface area contributed by atoms with Gasteiger partial charge in [-0.05, 0) is 17.2 Å². The molecular weight excluding hydrogens is 295 g/mol. The largest absolute Gasteiger partial charge is 0.416 e. The van der Waals surface area contributed by atoms with Crippen LogP contribution in [0.1, 0.15) is 29.0 Å². The standard InChI is InChI=1S/C12H12F3NO3S/c13-12(14,15)10-3-7(9-4-11(17)16-5-9)1-2-8(10)6-20(18)19/h1-3,9H,4-6H2,(H,16,17)(H,18,19). The van der Waals surface area contributed by atoms with E-state index in [4.69, 9.17) is 4.55 Å². The van der Waals surface area contributed by atoms with E-state index < -0.39 is 28.6 Å². The first kappa shape index (κ1) is 15.0. The van der Waals surface area contributed by atoms with Crippen LogP contribution in [0.15, 0.2) is 18.2 Å². The van der Waals surface area contributed by atoms with E-state index in [2.05, 4.69) is 5.32 Å². The number of carbonyl (C=O) groups is 1. The van der Waals surface area contributed by atoms with Gasteiger partial charge >= 0.3 is 6.18 Å². The summed E-state index contributed by atoms with van der Waals surface area (Å²) in [7, 11) is 0. The predicted octanol–water partition coefficient (Wildman–Crippen LogP) is 2.03. The minimum atomic E-state index is -4.60. The van der Waals surface area contributed by atoms with E-state index in [-0.39, 0.29) is 23.8 Å². The third-order valence-electron chi connectivity index (χ3n) is 3.17. The summed E-state index contributed by atoms with van der Waals surface area (Å²) in [4.78, 5) is 11.1. The Morgan fingerprint density at radius 2 is 2.10 bits per heavy atom. The zero-order valence-electron chi connectivity index (χ0n) is 10.2. The molecule has 1 fully saturated rings. The summed E-state index contributed by atoms with van der Waals surface area (Å²) in [5, 5.41) is 2.56. The normalized spacial score (nSPS) is 20.8. The van der Waals surface area contributed by atoms with Gasteiger partial charge in [0.25, 0.3) is 0 Å². The fourth-order valence-corrected chi connectivity index (χ4v) is 2.73. The van der Waals surface area contributed by atoms with Crippen LogP contribution in [-0.4, -0.2) is 21.2 Å². The zero-order chi connectivity index (χ0) is 14.9. The molecule has 1 aromatic rings. The highest BCUT2D eigenvalue weighted by atomic mass is 32.2. The summed E-state index contributed by atoms with van der Waals surface area (Å²) in [6, 6.07) is 3.64. The number of benzene rings is 1. The van der Waals surface area contributed by atoms with E-state index in [1.54, 1.807) is 0 Å². The molecular formula is C12H12F3NO3S. The van der Waals surface area contributed by atoms with Crippen LogP contribution >= 0.6 is 0 Å². The highest BCUT2D eigenvalue weighted by molar-refractivity contribution is 7.78. The second-order valence-electron chi connectivity index (χ2n) is 4.59. The van der Waals surface area contributed by atoms with E-state index >= 15 is 0 Å². The summed E-state index contributed by atoms with van der Waals surface area (Å²) in [6.45, 7) is 0.307. The number of hydrogen-bond acceptors (Lipinski definition) is 2. The van der Waals surface area contributed by atoms with Crippen molar-refractivity contribution in [2.45, 2.75) is 24.3 Å². The van der Waals surface area contributed by atoms with Crippen LogP contribution in [0.3, 0.4) is 0 Å². The van der Waals surface area contributed by atoms with Gasteiger partial charge < -0.3 is 9.87 Å². The Morgan fingerprint density at radius 3 is 2.60 bits per heavy atom. The van der Waals surface area contributed by atoms with Gasteiger partial charge in [-0.2, -0.15) is 13.2 Å². The van der Waals surface area contributed by atoms with Gasteiger partial charge in [0.05, 0.1) is 11.3 Å². The summed E-state index contributed by atoms with van der Waals surface area (Å²) in [5.41, 5.74) is -0.737. The van der Waals surface area contributed by atoms with Crippen molar-refractivity contribution < 1.29 is 26.7 Å². The molecule has 0 aliphatic carbocycles. The molecule has 4 nitrogen and oxygen atoms in total. The molecule has 1 aromatic carbocycles. The number of carbonyl (C=O) groups excluding carboxylic acids is 1. The molecule has 2 N–H and O–H groups in total. The molecule has 1 saturated heterocycles. The van der Waals surface area contributed by atoms with E-state index in [9.17, 15) is 22.2 Å². The van der Waals surface area contributed by atoms with Gasteiger partial charge in [-0.3, -0.25) is 4.79 Å². The molecule has 1 amide bonds. The molecule has 0 bridgehead atoms. The van der Waals surface area contributed by atoms with Crippen molar-refractivity contribution in [3.63, 3.8) is 0 Å². The molecule has 0 saturated carbocycles. The van der Waals surface area contributed by atoms with E-state index in [1.807, 2.05) is 0 Å². The maximum absolute atomic E-state index is 13.0.